The Labute approximate surface area is 128 Å². The molecule has 0 aromatic heterocycles. The third-order valence-corrected chi connectivity index (χ3v) is 2.71. The number of hydrogen-bond donors (Lipinski definition) is 1. The van der Waals surface area contributed by atoms with Gasteiger partial charge in [0.05, 0.1) is 12.3 Å². The van der Waals surface area contributed by atoms with Gasteiger partial charge in [0, 0.05) is 5.69 Å². The van der Waals surface area contributed by atoms with Crippen LogP contribution in [-0.4, -0.2) is 24.2 Å². The van der Waals surface area contributed by atoms with Crippen molar-refractivity contribution in [1.82, 2.24) is 0 Å². The Hall–Kier alpha value is -2.95. The first-order chi connectivity index (χ1) is 10.7. The summed E-state index contributed by atoms with van der Waals surface area (Å²) in [5, 5.41) is 2.63. The number of aliphatic imine (C=N–C) groups is 1. The summed E-state index contributed by atoms with van der Waals surface area (Å²) in [6.45, 7) is 1.85. The molecule has 5 nitrogen and oxygen atoms in total. The predicted molar refractivity (Wildman–Crippen MR) is 85.2 cm³/mol. The average molecular weight is 296 g/mol. The van der Waals surface area contributed by atoms with Crippen LogP contribution in [0.5, 0.6) is 0 Å². The molecule has 2 aromatic carbocycles. The van der Waals surface area contributed by atoms with Gasteiger partial charge in [0.25, 0.3) is 5.91 Å². The largest absolute Gasteiger partial charge is 0.461 e. The van der Waals surface area contributed by atoms with Gasteiger partial charge in [-0.3, -0.25) is 4.79 Å². The highest BCUT2D eigenvalue weighted by Crippen LogP contribution is 2.12. The van der Waals surface area contributed by atoms with Crippen molar-refractivity contribution in [3.63, 3.8) is 0 Å². The van der Waals surface area contributed by atoms with Crippen molar-refractivity contribution in [1.29, 1.82) is 0 Å². The molecule has 0 spiro atoms. The van der Waals surface area contributed by atoms with Crippen molar-refractivity contribution < 1.29 is 14.3 Å². The SMILES string of the molecule is CCOC(=O)C(=Nc1ccccc1)C(=O)Nc1ccccc1. The highest BCUT2D eigenvalue weighted by Gasteiger charge is 2.22. The van der Waals surface area contributed by atoms with E-state index in [-0.39, 0.29) is 12.3 Å². The van der Waals surface area contributed by atoms with Gasteiger partial charge in [-0.05, 0) is 31.2 Å². The summed E-state index contributed by atoms with van der Waals surface area (Å²) in [5.41, 5.74) is 0.809. The lowest BCUT2D eigenvalue weighted by Crippen LogP contribution is -2.31. The van der Waals surface area contributed by atoms with Crippen LogP contribution in [0.2, 0.25) is 0 Å². The second kappa shape index (κ2) is 7.73. The van der Waals surface area contributed by atoms with Crippen LogP contribution in [0, 0.1) is 0 Å². The lowest BCUT2D eigenvalue weighted by atomic mass is 10.2. The van der Waals surface area contributed by atoms with Gasteiger partial charge in [-0.2, -0.15) is 0 Å². The van der Waals surface area contributed by atoms with Crippen molar-refractivity contribution >= 4 is 29.0 Å². The van der Waals surface area contributed by atoms with Gasteiger partial charge in [0.1, 0.15) is 0 Å². The molecule has 2 aromatic rings. The Morgan fingerprint density at radius 2 is 1.59 bits per heavy atom. The number of amides is 1. The summed E-state index contributed by atoms with van der Waals surface area (Å²) in [7, 11) is 0. The van der Waals surface area contributed by atoms with E-state index < -0.39 is 11.9 Å². The lowest BCUT2D eigenvalue weighted by molar-refractivity contribution is -0.135. The number of nitrogens with one attached hydrogen (secondary N) is 1. The normalized spacial score (nSPS) is 10.9. The van der Waals surface area contributed by atoms with Crippen LogP contribution in [0.3, 0.4) is 0 Å². The van der Waals surface area contributed by atoms with Crippen LogP contribution in [0.1, 0.15) is 6.92 Å². The molecule has 5 heteroatoms. The van der Waals surface area contributed by atoms with Crippen molar-refractivity contribution in [2.75, 3.05) is 11.9 Å². The summed E-state index contributed by atoms with van der Waals surface area (Å²) in [5.74, 6) is -1.35. The summed E-state index contributed by atoms with van der Waals surface area (Å²) in [6, 6.07) is 17.6. The van der Waals surface area contributed by atoms with E-state index in [2.05, 4.69) is 10.3 Å². The predicted octanol–water partition coefficient (Wildman–Crippen LogP) is 2.96. The van der Waals surface area contributed by atoms with Crippen LogP contribution in [0.4, 0.5) is 11.4 Å². The van der Waals surface area contributed by atoms with Gasteiger partial charge in [-0.25, -0.2) is 9.79 Å². The van der Waals surface area contributed by atoms with E-state index in [1.54, 1.807) is 55.5 Å². The number of anilines is 1. The molecule has 0 aliphatic rings. The summed E-state index contributed by atoms with van der Waals surface area (Å²) < 4.78 is 4.90. The number of nitrogens with zero attached hydrogens (tertiary/aromatic N) is 1. The second-order valence-electron chi connectivity index (χ2n) is 4.34. The Bertz CT molecular complexity index is 667. The number of hydrogen-bond acceptors (Lipinski definition) is 4. The average Bonchev–Trinajstić information content (AvgIpc) is 2.54. The molecule has 1 N–H and O–H groups in total. The molecule has 0 radical (unpaired) electrons. The zero-order valence-electron chi connectivity index (χ0n) is 12.2. The maximum absolute atomic E-state index is 12.3. The van der Waals surface area contributed by atoms with Crippen LogP contribution < -0.4 is 5.32 Å². The topological polar surface area (TPSA) is 67.8 Å². The molecule has 1 amide bonds. The van der Waals surface area contributed by atoms with Crippen molar-refractivity contribution in [3.05, 3.63) is 60.7 Å². The van der Waals surface area contributed by atoms with Crippen LogP contribution in [0.25, 0.3) is 0 Å². The van der Waals surface area contributed by atoms with Gasteiger partial charge in [-0.1, -0.05) is 36.4 Å². The quantitative estimate of drug-likeness (QED) is 0.524. The van der Waals surface area contributed by atoms with E-state index in [9.17, 15) is 9.59 Å². The fourth-order valence-corrected chi connectivity index (χ4v) is 1.73. The van der Waals surface area contributed by atoms with E-state index in [1.807, 2.05) is 12.1 Å². The third kappa shape index (κ3) is 4.28. The molecule has 0 fully saturated rings. The second-order valence-corrected chi connectivity index (χ2v) is 4.34. The molecule has 0 aliphatic carbocycles. The molecule has 22 heavy (non-hydrogen) atoms. The summed E-state index contributed by atoms with van der Waals surface area (Å²) in [6.07, 6.45) is 0. The minimum atomic E-state index is -0.750. The minimum Gasteiger partial charge on any atom is -0.461 e. The van der Waals surface area contributed by atoms with Gasteiger partial charge < -0.3 is 10.1 Å². The number of rotatable bonds is 5. The number of esters is 1. The van der Waals surface area contributed by atoms with E-state index >= 15 is 0 Å². The van der Waals surface area contributed by atoms with Gasteiger partial charge in [0.2, 0.25) is 5.71 Å². The molecule has 2 rings (SSSR count). The zero-order valence-corrected chi connectivity index (χ0v) is 12.2. The highest BCUT2D eigenvalue weighted by molar-refractivity contribution is 6.66. The van der Waals surface area contributed by atoms with Crippen LogP contribution in [0.15, 0.2) is 65.7 Å². The van der Waals surface area contributed by atoms with Crippen molar-refractivity contribution in [2.45, 2.75) is 6.92 Å². The fraction of sp³-hybridized carbons (Fsp3) is 0.118. The van der Waals surface area contributed by atoms with Gasteiger partial charge in [-0.15, -0.1) is 0 Å². The van der Waals surface area contributed by atoms with Gasteiger partial charge in [0.15, 0.2) is 0 Å². The first-order valence-corrected chi connectivity index (χ1v) is 6.88. The maximum atomic E-state index is 12.3. The highest BCUT2D eigenvalue weighted by atomic mass is 16.5. The smallest absolute Gasteiger partial charge is 0.362 e. The monoisotopic (exact) mass is 296 g/mol. The fourth-order valence-electron chi connectivity index (χ4n) is 1.73. The number of benzene rings is 2. The molecule has 0 saturated heterocycles. The first kappa shape index (κ1) is 15.4. The van der Waals surface area contributed by atoms with Gasteiger partial charge >= 0.3 is 5.97 Å². The minimum absolute atomic E-state index is 0.172. The molecule has 0 atom stereocenters. The Kier molecular flexibility index (Phi) is 5.43. The van der Waals surface area contributed by atoms with E-state index in [1.165, 1.54) is 0 Å². The first-order valence-electron chi connectivity index (χ1n) is 6.88. The van der Waals surface area contributed by atoms with E-state index in [0.29, 0.717) is 11.4 Å². The van der Waals surface area contributed by atoms with E-state index in [0.717, 1.165) is 0 Å². The van der Waals surface area contributed by atoms with Crippen LogP contribution >= 0.6 is 0 Å². The molecule has 0 heterocycles. The summed E-state index contributed by atoms with van der Waals surface area (Å²) in [4.78, 5) is 28.4. The van der Waals surface area contributed by atoms with E-state index in [4.69, 9.17) is 4.74 Å². The third-order valence-electron chi connectivity index (χ3n) is 2.71. The molecule has 0 saturated carbocycles. The molecular weight excluding hydrogens is 280 g/mol. The molecule has 0 unspecified atom stereocenters. The molecule has 0 bridgehead atoms. The Morgan fingerprint density at radius 1 is 1.00 bits per heavy atom. The Morgan fingerprint density at radius 3 is 2.18 bits per heavy atom. The lowest BCUT2D eigenvalue weighted by Gasteiger charge is -2.07. The van der Waals surface area contributed by atoms with Crippen molar-refractivity contribution in [2.24, 2.45) is 4.99 Å². The zero-order chi connectivity index (χ0) is 15.8. The molecule has 0 aliphatic heterocycles. The van der Waals surface area contributed by atoms with Crippen molar-refractivity contribution in [3.8, 4) is 0 Å². The number of carbonyl (C=O) groups is 2. The van der Waals surface area contributed by atoms with Crippen LogP contribution in [-0.2, 0) is 14.3 Å². The number of carbonyl (C=O) groups excluding carboxylic acids is 2. The summed E-state index contributed by atoms with van der Waals surface area (Å²) >= 11 is 0. The number of ether oxygens (including phenoxy) is 1. The standard InChI is InChI=1S/C17H16N2O3/c1-2-22-17(21)15(18-13-9-5-3-6-10-13)16(20)19-14-11-7-4-8-12-14/h3-12H,2H2,1H3,(H,19,20). The Balaban J connectivity index is 2.26. The number of para-hydroxylation sites is 2. The maximum Gasteiger partial charge on any atom is 0.362 e. The molecule has 112 valence electrons. The molecular formula is C17H16N2O3.